The molecule has 0 aromatic heterocycles. The van der Waals surface area contributed by atoms with Gasteiger partial charge in [-0.15, -0.1) is 24.0 Å². The van der Waals surface area contributed by atoms with Crippen LogP contribution in [0.15, 0.2) is 4.99 Å². The van der Waals surface area contributed by atoms with Crippen LogP contribution in [0.25, 0.3) is 0 Å². The Bertz CT molecular complexity index is 280. The van der Waals surface area contributed by atoms with Crippen LogP contribution in [0.2, 0.25) is 0 Å². The van der Waals surface area contributed by atoms with Crippen molar-refractivity contribution in [2.24, 2.45) is 4.99 Å². The Kier molecular flexibility index (Phi) is 14.1. The smallest absolute Gasteiger partial charge is 0.193 e. The van der Waals surface area contributed by atoms with Crippen molar-refractivity contribution in [1.82, 2.24) is 10.2 Å². The summed E-state index contributed by atoms with van der Waals surface area (Å²) in [6.45, 7) is 12.2. The van der Waals surface area contributed by atoms with Crippen molar-refractivity contribution in [2.45, 2.75) is 45.3 Å². The number of thioether (sulfide) groups is 1. The van der Waals surface area contributed by atoms with Crippen LogP contribution >= 0.6 is 35.7 Å². The van der Waals surface area contributed by atoms with Crippen LogP contribution in [0.3, 0.4) is 0 Å². The van der Waals surface area contributed by atoms with E-state index in [1.807, 2.05) is 6.92 Å². The number of hydrogen-bond donors (Lipinski definition) is 1. The lowest BCUT2D eigenvalue weighted by molar-refractivity contribution is 0.144. The number of nitrogens with one attached hydrogen (secondary N) is 1. The van der Waals surface area contributed by atoms with Crippen LogP contribution in [0.1, 0.15) is 40.0 Å². The van der Waals surface area contributed by atoms with Gasteiger partial charge in [0, 0.05) is 50.4 Å². The van der Waals surface area contributed by atoms with Gasteiger partial charge in [0.2, 0.25) is 0 Å². The second-order valence-corrected chi connectivity index (χ2v) is 6.39. The van der Waals surface area contributed by atoms with Gasteiger partial charge in [-0.05, 0) is 33.1 Å². The van der Waals surface area contributed by atoms with Crippen molar-refractivity contribution in [3.63, 3.8) is 0 Å². The topological polar surface area (TPSA) is 36.9 Å². The van der Waals surface area contributed by atoms with Gasteiger partial charge in [-0.1, -0.05) is 6.92 Å². The van der Waals surface area contributed by atoms with Gasteiger partial charge in [0.05, 0.1) is 0 Å². The van der Waals surface area contributed by atoms with E-state index in [4.69, 9.17) is 9.73 Å². The number of hydrogen-bond acceptors (Lipinski definition) is 3. The molecule has 1 aliphatic heterocycles. The first-order valence-electron chi connectivity index (χ1n) is 8.04. The predicted octanol–water partition coefficient (Wildman–Crippen LogP) is 3.21. The molecule has 0 saturated carbocycles. The standard InChI is InChI=1S/C15H31N3OS.HI/c1-4-14-13-18(10-12-20-14)15(16-5-2)17-9-7-8-11-19-6-3;/h14H,4-13H2,1-3H3,(H,16,17);1H. The molecule has 0 radical (unpaired) electrons. The van der Waals surface area contributed by atoms with Gasteiger partial charge in [0.15, 0.2) is 5.96 Å². The lowest BCUT2D eigenvalue weighted by Gasteiger charge is -2.34. The van der Waals surface area contributed by atoms with E-state index in [1.54, 1.807) is 0 Å². The maximum Gasteiger partial charge on any atom is 0.193 e. The molecule has 21 heavy (non-hydrogen) atoms. The summed E-state index contributed by atoms with van der Waals surface area (Å²) in [5, 5.41) is 4.19. The molecule has 1 unspecified atom stereocenters. The molecule has 1 rings (SSSR count). The summed E-state index contributed by atoms with van der Waals surface area (Å²) >= 11 is 2.10. The van der Waals surface area contributed by atoms with Gasteiger partial charge in [0.25, 0.3) is 0 Å². The maximum atomic E-state index is 5.36. The summed E-state index contributed by atoms with van der Waals surface area (Å²) in [6.07, 6.45) is 3.45. The highest BCUT2D eigenvalue weighted by molar-refractivity contribution is 14.0. The summed E-state index contributed by atoms with van der Waals surface area (Å²) in [6, 6.07) is 0. The first kappa shape index (κ1) is 21.3. The molecular formula is C15H32IN3OS. The maximum absolute atomic E-state index is 5.36. The Morgan fingerprint density at radius 2 is 2.14 bits per heavy atom. The molecule has 4 nitrogen and oxygen atoms in total. The molecular weight excluding hydrogens is 397 g/mol. The number of aliphatic imine (C=N–C) groups is 1. The van der Waals surface area contributed by atoms with Crippen LogP contribution in [0.4, 0.5) is 0 Å². The number of unbranched alkanes of at least 4 members (excludes halogenated alkanes) is 1. The third-order valence-electron chi connectivity index (χ3n) is 3.39. The fourth-order valence-corrected chi connectivity index (χ4v) is 3.41. The molecule has 0 aromatic carbocycles. The van der Waals surface area contributed by atoms with Gasteiger partial charge in [-0.25, -0.2) is 0 Å². The van der Waals surface area contributed by atoms with Gasteiger partial charge in [-0.3, -0.25) is 4.99 Å². The minimum Gasteiger partial charge on any atom is -0.382 e. The molecule has 0 bridgehead atoms. The zero-order valence-corrected chi connectivity index (χ0v) is 16.9. The Balaban J connectivity index is 0.00000400. The largest absolute Gasteiger partial charge is 0.382 e. The molecule has 126 valence electrons. The Morgan fingerprint density at radius 1 is 1.33 bits per heavy atom. The molecule has 1 N–H and O–H groups in total. The molecule has 0 amide bonds. The van der Waals surface area contributed by atoms with Crippen molar-refractivity contribution in [3.05, 3.63) is 0 Å². The van der Waals surface area contributed by atoms with Crippen LogP contribution < -0.4 is 5.32 Å². The third-order valence-corrected chi connectivity index (χ3v) is 4.76. The van der Waals surface area contributed by atoms with Crippen molar-refractivity contribution in [2.75, 3.05) is 45.1 Å². The lowest BCUT2D eigenvalue weighted by atomic mass is 10.3. The van der Waals surface area contributed by atoms with Crippen LogP contribution in [0.5, 0.6) is 0 Å². The molecule has 1 fully saturated rings. The lowest BCUT2D eigenvalue weighted by Crippen LogP contribution is -2.48. The number of guanidine groups is 1. The van der Waals surface area contributed by atoms with E-state index in [-0.39, 0.29) is 24.0 Å². The molecule has 1 heterocycles. The van der Waals surface area contributed by atoms with E-state index in [9.17, 15) is 0 Å². The van der Waals surface area contributed by atoms with E-state index in [0.717, 1.165) is 63.4 Å². The Hall–Kier alpha value is 0.310. The summed E-state index contributed by atoms with van der Waals surface area (Å²) in [4.78, 5) is 7.20. The quantitative estimate of drug-likeness (QED) is 0.278. The third kappa shape index (κ3) is 9.13. The highest BCUT2D eigenvalue weighted by atomic mass is 127. The SMILES string of the molecule is CCNC(=NCCCCOCC)N1CCSC(CC)C1.I. The second-order valence-electron chi connectivity index (χ2n) is 4.99. The minimum absolute atomic E-state index is 0. The number of nitrogens with zero attached hydrogens (tertiary/aromatic N) is 2. The second kappa shape index (κ2) is 13.9. The van der Waals surface area contributed by atoms with Crippen LogP contribution in [-0.4, -0.2) is 61.3 Å². The van der Waals surface area contributed by atoms with Crippen molar-refractivity contribution < 1.29 is 4.74 Å². The van der Waals surface area contributed by atoms with Crippen molar-refractivity contribution in [3.8, 4) is 0 Å². The fourth-order valence-electron chi connectivity index (χ4n) is 2.23. The highest BCUT2D eigenvalue weighted by Gasteiger charge is 2.21. The van der Waals surface area contributed by atoms with Gasteiger partial charge in [0.1, 0.15) is 0 Å². The van der Waals surface area contributed by atoms with E-state index >= 15 is 0 Å². The summed E-state index contributed by atoms with van der Waals surface area (Å²) in [7, 11) is 0. The average Bonchev–Trinajstić information content (AvgIpc) is 2.49. The Labute approximate surface area is 151 Å². The van der Waals surface area contributed by atoms with E-state index in [0.29, 0.717) is 0 Å². The first-order valence-corrected chi connectivity index (χ1v) is 9.09. The normalized spacial score (nSPS) is 19.3. The molecule has 1 atom stereocenters. The summed E-state index contributed by atoms with van der Waals surface area (Å²) < 4.78 is 5.36. The van der Waals surface area contributed by atoms with E-state index < -0.39 is 0 Å². The molecule has 0 spiro atoms. The van der Waals surface area contributed by atoms with Crippen LogP contribution in [-0.2, 0) is 4.74 Å². The van der Waals surface area contributed by atoms with Gasteiger partial charge >= 0.3 is 0 Å². The number of halogens is 1. The van der Waals surface area contributed by atoms with Crippen molar-refractivity contribution >= 4 is 41.7 Å². The van der Waals surface area contributed by atoms with E-state index in [2.05, 4.69) is 35.8 Å². The van der Waals surface area contributed by atoms with Crippen molar-refractivity contribution in [1.29, 1.82) is 0 Å². The average molecular weight is 429 g/mol. The molecule has 6 heteroatoms. The molecule has 0 aliphatic carbocycles. The van der Waals surface area contributed by atoms with Crippen LogP contribution in [0, 0.1) is 0 Å². The number of rotatable bonds is 8. The highest BCUT2D eigenvalue weighted by Crippen LogP contribution is 2.21. The zero-order chi connectivity index (χ0) is 14.6. The monoisotopic (exact) mass is 429 g/mol. The summed E-state index contributed by atoms with van der Waals surface area (Å²) in [5.41, 5.74) is 0. The minimum atomic E-state index is 0. The molecule has 1 saturated heterocycles. The summed E-state index contributed by atoms with van der Waals surface area (Å²) in [5.74, 6) is 2.32. The van der Waals surface area contributed by atoms with Gasteiger partial charge in [-0.2, -0.15) is 11.8 Å². The Morgan fingerprint density at radius 3 is 2.81 bits per heavy atom. The van der Waals surface area contributed by atoms with E-state index in [1.165, 1.54) is 12.2 Å². The fraction of sp³-hybridized carbons (Fsp3) is 0.933. The molecule has 0 aromatic rings. The first-order chi connectivity index (χ1) is 9.81. The predicted molar refractivity (Wildman–Crippen MR) is 105 cm³/mol. The van der Waals surface area contributed by atoms with Gasteiger partial charge < -0.3 is 15.0 Å². The number of ether oxygens (including phenoxy) is 1. The molecule has 1 aliphatic rings. The zero-order valence-electron chi connectivity index (χ0n) is 13.8.